The summed E-state index contributed by atoms with van der Waals surface area (Å²) in [4.78, 5) is 0. The van der Waals surface area contributed by atoms with Gasteiger partial charge in [0, 0.05) is 25.8 Å². The molecule has 0 aliphatic carbocycles. The molecule has 0 radical (unpaired) electrons. The number of nitrogens with one attached hydrogen (secondary N) is 1. The Morgan fingerprint density at radius 2 is 1.80 bits per heavy atom. The largest absolute Gasteiger partial charge is 0.508 e. The Morgan fingerprint density at radius 3 is 2.40 bits per heavy atom. The van der Waals surface area contributed by atoms with Crippen LogP contribution in [0.1, 0.15) is 24.9 Å². The lowest BCUT2D eigenvalue weighted by molar-refractivity contribution is 0.462. The van der Waals surface area contributed by atoms with Crippen LogP contribution in [0.25, 0.3) is 0 Å². The summed E-state index contributed by atoms with van der Waals surface area (Å²) in [5.41, 5.74) is 1.66. The third kappa shape index (κ3) is 3.81. The fourth-order valence-corrected chi connectivity index (χ4v) is 2.95. The molecule has 1 unspecified atom stereocenters. The fourth-order valence-electron chi connectivity index (χ4n) is 2.04. The second kappa shape index (κ2) is 6.70. The van der Waals surface area contributed by atoms with E-state index in [0.717, 1.165) is 22.1 Å². The van der Waals surface area contributed by atoms with Gasteiger partial charge in [0.25, 0.3) is 0 Å². The van der Waals surface area contributed by atoms with Gasteiger partial charge in [-0.25, -0.2) is 0 Å². The molecule has 5 heteroatoms. The number of anilines is 1. The van der Waals surface area contributed by atoms with E-state index in [1.807, 2.05) is 31.2 Å². The molecular formula is C15H14BrCl2NO. The van der Waals surface area contributed by atoms with Crippen LogP contribution >= 0.6 is 39.1 Å². The van der Waals surface area contributed by atoms with Gasteiger partial charge in [-0.05, 0) is 42.8 Å². The van der Waals surface area contributed by atoms with Crippen molar-refractivity contribution in [1.29, 1.82) is 0 Å². The fraction of sp³-hybridized carbons (Fsp3) is 0.200. The van der Waals surface area contributed by atoms with Gasteiger partial charge >= 0.3 is 0 Å². The quantitative estimate of drug-likeness (QED) is 0.685. The highest BCUT2D eigenvalue weighted by Crippen LogP contribution is 2.33. The smallest absolute Gasteiger partial charge is 0.120 e. The third-order valence-corrected chi connectivity index (χ3v) is 3.91. The van der Waals surface area contributed by atoms with Gasteiger partial charge in [-0.1, -0.05) is 46.1 Å². The van der Waals surface area contributed by atoms with Crippen LogP contribution in [0.3, 0.4) is 0 Å². The molecule has 0 bridgehead atoms. The molecule has 0 aliphatic heterocycles. The molecule has 106 valence electrons. The summed E-state index contributed by atoms with van der Waals surface area (Å²) in [7, 11) is 0. The van der Waals surface area contributed by atoms with E-state index in [1.165, 1.54) is 0 Å². The van der Waals surface area contributed by atoms with Crippen molar-refractivity contribution in [3.8, 4) is 5.75 Å². The summed E-state index contributed by atoms with van der Waals surface area (Å²) in [6.45, 7) is 2.05. The molecule has 2 nitrogen and oxygen atoms in total. The highest BCUT2D eigenvalue weighted by molar-refractivity contribution is 9.10. The molecule has 0 heterocycles. The maximum absolute atomic E-state index is 10.0. The number of aromatic hydroxyl groups is 1. The molecular weight excluding hydrogens is 361 g/mol. The molecule has 1 atom stereocenters. The second-order valence-electron chi connectivity index (χ2n) is 4.47. The first kappa shape index (κ1) is 15.5. The van der Waals surface area contributed by atoms with E-state index in [2.05, 4.69) is 21.2 Å². The Morgan fingerprint density at radius 1 is 1.15 bits per heavy atom. The lowest BCUT2D eigenvalue weighted by Crippen LogP contribution is -2.10. The zero-order valence-corrected chi connectivity index (χ0v) is 13.9. The van der Waals surface area contributed by atoms with Crippen molar-refractivity contribution >= 4 is 44.8 Å². The Kier molecular flexibility index (Phi) is 5.19. The van der Waals surface area contributed by atoms with E-state index >= 15 is 0 Å². The molecule has 2 aromatic rings. The SMILES string of the molecule is CCC(Nc1cc(Cl)cc(Cl)c1)c1cc(Br)ccc1O. The van der Waals surface area contributed by atoms with E-state index in [0.29, 0.717) is 10.0 Å². The molecule has 2 aromatic carbocycles. The number of benzene rings is 2. The molecule has 2 N–H and O–H groups in total. The molecule has 0 aromatic heterocycles. The average molecular weight is 375 g/mol. The minimum Gasteiger partial charge on any atom is -0.508 e. The predicted octanol–water partition coefficient (Wildman–Crippen LogP) is 6.02. The van der Waals surface area contributed by atoms with Crippen LogP contribution in [0, 0.1) is 0 Å². The standard InChI is InChI=1S/C15H14BrCl2NO/c1-2-14(13-5-9(16)3-4-15(13)20)19-12-7-10(17)6-11(18)8-12/h3-8,14,19-20H,2H2,1H3. The third-order valence-electron chi connectivity index (χ3n) is 2.98. The Hall–Kier alpha value is -0.900. The Labute approximate surface area is 136 Å². The first-order valence-corrected chi connectivity index (χ1v) is 7.75. The number of phenolic OH excluding ortho intramolecular Hbond substituents is 1. The number of phenols is 1. The van der Waals surface area contributed by atoms with Crippen molar-refractivity contribution in [3.05, 3.63) is 56.5 Å². The molecule has 0 aliphatic rings. The van der Waals surface area contributed by atoms with Gasteiger partial charge < -0.3 is 10.4 Å². The second-order valence-corrected chi connectivity index (χ2v) is 6.25. The molecule has 20 heavy (non-hydrogen) atoms. The lowest BCUT2D eigenvalue weighted by Gasteiger charge is -2.20. The van der Waals surface area contributed by atoms with Crippen molar-refractivity contribution in [3.63, 3.8) is 0 Å². The highest BCUT2D eigenvalue weighted by atomic mass is 79.9. The van der Waals surface area contributed by atoms with Crippen LogP contribution in [0.15, 0.2) is 40.9 Å². The first-order chi connectivity index (χ1) is 9.49. The van der Waals surface area contributed by atoms with E-state index in [9.17, 15) is 5.11 Å². The highest BCUT2D eigenvalue weighted by Gasteiger charge is 2.14. The summed E-state index contributed by atoms with van der Waals surface area (Å²) in [6.07, 6.45) is 0.814. The molecule has 0 saturated heterocycles. The Bertz CT molecular complexity index is 599. The van der Waals surface area contributed by atoms with Crippen LogP contribution < -0.4 is 5.32 Å². The average Bonchev–Trinajstić information content (AvgIpc) is 2.38. The number of hydrogen-bond donors (Lipinski definition) is 2. The van der Waals surface area contributed by atoms with Crippen LogP contribution in [0.4, 0.5) is 5.69 Å². The summed E-state index contributed by atoms with van der Waals surface area (Å²) in [6, 6.07) is 10.7. The van der Waals surface area contributed by atoms with Crippen molar-refractivity contribution in [2.45, 2.75) is 19.4 Å². The van der Waals surface area contributed by atoms with Crippen molar-refractivity contribution in [2.24, 2.45) is 0 Å². The van der Waals surface area contributed by atoms with Crippen molar-refractivity contribution in [1.82, 2.24) is 0 Å². The van der Waals surface area contributed by atoms with Gasteiger partial charge in [-0.15, -0.1) is 0 Å². The van der Waals surface area contributed by atoms with Gasteiger partial charge in [-0.3, -0.25) is 0 Å². The van der Waals surface area contributed by atoms with Crippen LogP contribution in [-0.2, 0) is 0 Å². The molecule has 0 saturated carbocycles. The Balaban J connectivity index is 2.31. The summed E-state index contributed by atoms with van der Waals surface area (Å²) in [5, 5.41) is 14.5. The summed E-state index contributed by atoms with van der Waals surface area (Å²) >= 11 is 15.4. The topological polar surface area (TPSA) is 32.3 Å². The summed E-state index contributed by atoms with van der Waals surface area (Å²) < 4.78 is 0.926. The van der Waals surface area contributed by atoms with Crippen LogP contribution in [-0.4, -0.2) is 5.11 Å². The van der Waals surface area contributed by atoms with Crippen LogP contribution in [0.5, 0.6) is 5.75 Å². The minimum atomic E-state index is -0.0259. The molecule has 0 fully saturated rings. The monoisotopic (exact) mass is 373 g/mol. The van der Waals surface area contributed by atoms with Crippen molar-refractivity contribution < 1.29 is 5.11 Å². The van der Waals surface area contributed by atoms with Gasteiger partial charge in [0.2, 0.25) is 0 Å². The van der Waals surface area contributed by atoms with Crippen molar-refractivity contribution in [2.75, 3.05) is 5.32 Å². The first-order valence-electron chi connectivity index (χ1n) is 6.20. The normalized spacial score (nSPS) is 12.2. The van der Waals surface area contributed by atoms with Gasteiger partial charge in [0.05, 0.1) is 6.04 Å². The number of rotatable bonds is 4. The van der Waals surface area contributed by atoms with E-state index < -0.39 is 0 Å². The zero-order valence-electron chi connectivity index (χ0n) is 10.8. The maximum atomic E-state index is 10.0. The molecule has 0 spiro atoms. The minimum absolute atomic E-state index is 0.0259. The molecule has 2 rings (SSSR count). The predicted molar refractivity (Wildman–Crippen MR) is 88.9 cm³/mol. The maximum Gasteiger partial charge on any atom is 0.120 e. The van der Waals surface area contributed by atoms with E-state index in [1.54, 1.807) is 12.1 Å². The van der Waals surface area contributed by atoms with Gasteiger partial charge in [-0.2, -0.15) is 0 Å². The van der Waals surface area contributed by atoms with Gasteiger partial charge in [0.1, 0.15) is 5.75 Å². The molecule has 0 amide bonds. The van der Waals surface area contributed by atoms with E-state index in [-0.39, 0.29) is 11.8 Å². The van der Waals surface area contributed by atoms with Crippen LogP contribution in [0.2, 0.25) is 10.0 Å². The lowest BCUT2D eigenvalue weighted by atomic mass is 10.0. The zero-order chi connectivity index (χ0) is 14.7. The number of hydrogen-bond acceptors (Lipinski definition) is 2. The summed E-state index contributed by atoms with van der Waals surface area (Å²) in [5.74, 6) is 0.265. The van der Waals surface area contributed by atoms with E-state index in [4.69, 9.17) is 23.2 Å². The van der Waals surface area contributed by atoms with Gasteiger partial charge in [0.15, 0.2) is 0 Å². The number of halogens is 3.